The molecule has 19 heavy (non-hydrogen) atoms. The van der Waals surface area contributed by atoms with Crippen LogP contribution in [0.3, 0.4) is 0 Å². The molecule has 0 unspecified atom stereocenters. The molecule has 0 saturated heterocycles. The third-order valence-electron chi connectivity index (χ3n) is 3.36. The lowest BCUT2D eigenvalue weighted by atomic mass is 9.97. The van der Waals surface area contributed by atoms with Crippen LogP contribution in [-0.4, -0.2) is 7.11 Å². The summed E-state index contributed by atoms with van der Waals surface area (Å²) in [4.78, 5) is 0. The second kappa shape index (κ2) is 4.65. The fraction of sp³-hybridized carbons (Fsp3) is 0.0588. The molecule has 2 N–H and O–H groups in total. The van der Waals surface area contributed by atoms with Crippen LogP contribution in [-0.2, 0) is 0 Å². The van der Waals surface area contributed by atoms with Crippen LogP contribution in [0.5, 0.6) is 5.75 Å². The van der Waals surface area contributed by atoms with Gasteiger partial charge in [-0.3, -0.25) is 0 Å². The van der Waals surface area contributed by atoms with E-state index in [2.05, 4.69) is 30.3 Å². The SMILES string of the molecule is COc1ccc(-c2ccc(N)c3ccccc23)cc1. The van der Waals surface area contributed by atoms with E-state index in [-0.39, 0.29) is 0 Å². The van der Waals surface area contributed by atoms with Crippen LogP contribution in [0.25, 0.3) is 21.9 Å². The maximum absolute atomic E-state index is 6.03. The van der Waals surface area contributed by atoms with E-state index in [1.54, 1.807) is 7.11 Å². The molecule has 0 spiro atoms. The molecule has 3 rings (SSSR count). The molecule has 94 valence electrons. The molecule has 2 heteroatoms. The minimum atomic E-state index is 0.813. The lowest BCUT2D eigenvalue weighted by Crippen LogP contribution is -1.89. The van der Waals surface area contributed by atoms with Crippen molar-refractivity contribution in [1.82, 2.24) is 0 Å². The molecule has 0 amide bonds. The van der Waals surface area contributed by atoms with Crippen molar-refractivity contribution >= 4 is 16.5 Å². The van der Waals surface area contributed by atoms with Crippen molar-refractivity contribution in [1.29, 1.82) is 0 Å². The molecule has 3 aromatic rings. The summed E-state index contributed by atoms with van der Waals surface area (Å²) < 4.78 is 5.19. The zero-order chi connectivity index (χ0) is 13.2. The maximum Gasteiger partial charge on any atom is 0.118 e. The summed E-state index contributed by atoms with van der Waals surface area (Å²) in [5, 5.41) is 2.27. The molecule has 0 radical (unpaired) electrons. The van der Waals surface area contributed by atoms with Crippen molar-refractivity contribution in [3.63, 3.8) is 0 Å². The van der Waals surface area contributed by atoms with Crippen LogP contribution >= 0.6 is 0 Å². The van der Waals surface area contributed by atoms with Gasteiger partial charge in [-0.05, 0) is 34.7 Å². The maximum atomic E-state index is 6.03. The second-order valence-electron chi connectivity index (χ2n) is 4.48. The summed E-state index contributed by atoms with van der Waals surface area (Å²) in [5.74, 6) is 0.864. The molecular formula is C17H15NO. The fourth-order valence-corrected chi connectivity index (χ4v) is 2.34. The lowest BCUT2D eigenvalue weighted by Gasteiger charge is -2.09. The molecule has 0 heterocycles. The van der Waals surface area contributed by atoms with Crippen molar-refractivity contribution < 1.29 is 4.74 Å². The van der Waals surface area contributed by atoms with Crippen LogP contribution in [0.15, 0.2) is 60.7 Å². The van der Waals surface area contributed by atoms with Gasteiger partial charge in [-0.2, -0.15) is 0 Å². The van der Waals surface area contributed by atoms with Gasteiger partial charge in [0.25, 0.3) is 0 Å². The first-order valence-electron chi connectivity index (χ1n) is 6.21. The molecule has 0 aliphatic heterocycles. The number of benzene rings is 3. The molecule has 0 saturated carbocycles. The Morgan fingerprint density at radius 2 is 1.47 bits per heavy atom. The molecular weight excluding hydrogens is 234 g/mol. The number of rotatable bonds is 2. The Morgan fingerprint density at radius 1 is 0.789 bits per heavy atom. The largest absolute Gasteiger partial charge is 0.497 e. The number of anilines is 1. The summed E-state index contributed by atoms with van der Waals surface area (Å²) in [6, 6.07) is 20.3. The predicted molar refractivity (Wildman–Crippen MR) is 80.3 cm³/mol. The molecule has 0 fully saturated rings. The first-order chi connectivity index (χ1) is 9.29. The topological polar surface area (TPSA) is 35.2 Å². The highest BCUT2D eigenvalue weighted by atomic mass is 16.5. The van der Waals surface area contributed by atoms with Crippen molar-refractivity contribution in [2.45, 2.75) is 0 Å². The quantitative estimate of drug-likeness (QED) is 0.694. The van der Waals surface area contributed by atoms with Crippen LogP contribution in [0.1, 0.15) is 0 Å². The van der Waals surface area contributed by atoms with E-state index in [1.165, 1.54) is 10.9 Å². The third kappa shape index (κ3) is 2.02. The van der Waals surface area contributed by atoms with E-state index < -0.39 is 0 Å². The van der Waals surface area contributed by atoms with E-state index in [4.69, 9.17) is 10.5 Å². The Hall–Kier alpha value is -2.48. The van der Waals surface area contributed by atoms with Crippen molar-refractivity contribution in [3.05, 3.63) is 60.7 Å². The van der Waals surface area contributed by atoms with Gasteiger partial charge in [0.1, 0.15) is 5.75 Å². The molecule has 0 atom stereocenters. The van der Waals surface area contributed by atoms with E-state index >= 15 is 0 Å². The minimum Gasteiger partial charge on any atom is -0.497 e. The van der Waals surface area contributed by atoms with Gasteiger partial charge in [0.2, 0.25) is 0 Å². The zero-order valence-corrected chi connectivity index (χ0v) is 10.8. The highest BCUT2D eigenvalue weighted by molar-refractivity contribution is 6.02. The highest BCUT2D eigenvalue weighted by Crippen LogP contribution is 2.32. The number of nitrogens with two attached hydrogens (primary N) is 1. The number of methoxy groups -OCH3 is 1. The fourth-order valence-electron chi connectivity index (χ4n) is 2.34. The minimum absolute atomic E-state index is 0.813. The monoisotopic (exact) mass is 249 g/mol. The number of hydrogen-bond acceptors (Lipinski definition) is 2. The summed E-state index contributed by atoms with van der Waals surface area (Å²) in [5.41, 5.74) is 9.19. The first-order valence-corrected chi connectivity index (χ1v) is 6.21. The van der Waals surface area contributed by atoms with E-state index in [0.29, 0.717) is 0 Å². The summed E-state index contributed by atoms with van der Waals surface area (Å²) in [6.07, 6.45) is 0. The normalized spacial score (nSPS) is 10.6. The van der Waals surface area contributed by atoms with Gasteiger partial charge in [-0.1, -0.05) is 42.5 Å². The second-order valence-corrected chi connectivity index (χ2v) is 4.48. The number of ether oxygens (including phenoxy) is 1. The molecule has 0 aliphatic rings. The third-order valence-corrected chi connectivity index (χ3v) is 3.36. The Kier molecular flexibility index (Phi) is 2.84. The summed E-state index contributed by atoms with van der Waals surface area (Å²) >= 11 is 0. The van der Waals surface area contributed by atoms with Gasteiger partial charge in [0.05, 0.1) is 7.11 Å². The van der Waals surface area contributed by atoms with Crippen LogP contribution in [0.4, 0.5) is 5.69 Å². The van der Waals surface area contributed by atoms with E-state index in [0.717, 1.165) is 22.4 Å². The molecule has 0 bridgehead atoms. The van der Waals surface area contributed by atoms with Crippen LogP contribution < -0.4 is 10.5 Å². The van der Waals surface area contributed by atoms with E-state index in [9.17, 15) is 0 Å². The average Bonchev–Trinajstić information content (AvgIpc) is 2.48. The van der Waals surface area contributed by atoms with Crippen LogP contribution in [0, 0.1) is 0 Å². The zero-order valence-electron chi connectivity index (χ0n) is 10.8. The molecule has 3 aromatic carbocycles. The average molecular weight is 249 g/mol. The Balaban J connectivity index is 2.21. The Morgan fingerprint density at radius 3 is 2.16 bits per heavy atom. The summed E-state index contributed by atoms with van der Waals surface area (Å²) in [7, 11) is 1.67. The highest BCUT2D eigenvalue weighted by Gasteiger charge is 2.05. The predicted octanol–water partition coefficient (Wildman–Crippen LogP) is 4.10. The number of hydrogen-bond donors (Lipinski definition) is 1. The molecule has 2 nitrogen and oxygen atoms in total. The van der Waals surface area contributed by atoms with Gasteiger partial charge in [-0.25, -0.2) is 0 Å². The Bertz CT molecular complexity index is 717. The smallest absolute Gasteiger partial charge is 0.118 e. The molecule has 0 aromatic heterocycles. The van der Waals surface area contributed by atoms with Crippen LogP contribution in [0.2, 0.25) is 0 Å². The van der Waals surface area contributed by atoms with E-state index in [1.807, 2.05) is 30.3 Å². The van der Waals surface area contributed by atoms with Gasteiger partial charge >= 0.3 is 0 Å². The van der Waals surface area contributed by atoms with Crippen molar-refractivity contribution in [2.75, 3.05) is 12.8 Å². The van der Waals surface area contributed by atoms with Crippen molar-refractivity contribution in [2.24, 2.45) is 0 Å². The lowest BCUT2D eigenvalue weighted by molar-refractivity contribution is 0.415. The van der Waals surface area contributed by atoms with Gasteiger partial charge in [0, 0.05) is 11.1 Å². The first kappa shape index (κ1) is 11.6. The number of fused-ring (bicyclic) bond motifs is 1. The Labute approximate surface area is 112 Å². The standard InChI is InChI=1S/C17H15NO/c1-19-13-8-6-12(7-9-13)14-10-11-17(18)16-5-3-2-4-15(14)16/h2-11H,18H2,1H3. The molecule has 0 aliphatic carbocycles. The summed E-state index contributed by atoms with van der Waals surface area (Å²) in [6.45, 7) is 0. The number of nitrogen functional groups attached to an aromatic ring is 1. The van der Waals surface area contributed by atoms with Crippen molar-refractivity contribution in [3.8, 4) is 16.9 Å². The van der Waals surface area contributed by atoms with Gasteiger partial charge in [0.15, 0.2) is 0 Å². The van der Waals surface area contributed by atoms with Gasteiger partial charge < -0.3 is 10.5 Å². The van der Waals surface area contributed by atoms with Gasteiger partial charge in [-0.15, -0.1) is 0 Å².